The molecule has 1 amide bonds. The summed E-state index contributed by atoms with van der Waals surface area (Å²) in [6, 6.07) is 10.3. The zero-order valence-electron chi connectivity index (χ0n) is 15.6. The quantitative estimate of drug-likeness (QED) is 0.704. The first-order chi connectivity index (χ1) is 13.1. The lowest BCUT2D eigenvalue weighted by Crippen LogP contribution is -2.30. The molecule has 5 nitrogen and oxygen atoms in total. The molecule has 6 heteroatoms. The summed E-state index contributed by atoms with van der Waals surface area (Å²) in [4.78, 5) is 18.6. The first-order valence-corrected chi connectivity index (χ1v) is 10.2. The number of nitrogens with one attached hydrogen (secondary N) is 1. The summed E-state index contributed by atoms with van der Waals surface area (Å²) in [7, 11) is 0. The molecule has 1 aliphatic carbocycles. The predicted octanol–water partition coefficient (Wildman–Crippen LogP) is 4.54. The highest BCUT2D eigenvalue weighted by Gasteiger charge is 2.26. The van der Waals surface area contributed by atoms with Crippen molar-refractivity contribution >= 4 is 17.2 Å². The number of amides is 1. The normalized spacial score (nSPS) is 16.1. The van der Waals surface area contributed by atoms with E-state index in [0.29, 0.717) is 12.8 Å². The van der Waals surface area contributed by atoms with Crippen LogP contribution in [0.2, 0.25) is 0 Å². The highest BCUT2D eigenvalue weighted by Crippen LogP contribution is 2.37. The van der Waals surface area contributed by atoms with E-state index in [1.54, 1.807) is 11.3 Å². The lowest BCUT2D eigenvalue weighted by atomic mass is 9.97. The molecule has 140 valence electrons. The maximum Gasteiger partial charge on any atom is 0.220 e. The fourth-order valence-electron chi connectivity index (χ4n) is 3.63. The number of fused-ring (bicyclic) bond motifs is 1. The average Bonchev–Trinajstić information content (AvgIpc) is 3.25. The number of aromatic nitrogens is 2. The molecular weight excluding hydrogens is 358 g/mol. The molecule has 1 aromatic carbocycles. The van der Waals surface area contributed by atoms with Crippen LogP contribution in [0, 0.1) is 13.8 Å². The Bertz CT molecular complexity index is 926. The topological polar surface area (TPSA) is 68.0 Å². The van der Waals surface area contributed by atoms with Crippen molar-refractivity contribution in [1.82, 2.24) is 15.5 Å². The van der Waals surface area contributed by atoms with E-state index in [-0.39, 0.29) is 11.9 Å². The van der Waals surface area contributed by atoms with Crippen LogP contribution in [0.15, 0.2) is 34.9 Å². The number of nitrogens with zero attached hydrogens (tertiary/aromatic N) is 2. The second-order valence-electron chi connectivity index (χ2n) is 7.01. The van der Waals surface area contributed by atoms with E-state index in [2.05, 4.69) is 22.6 Å². The van der Waals surface area contributed by atoms with E-state index in [9.17, 15) is 4.79 Å². The van der Waals surface area contributed by atoms with Crippen LogP contribution in [0.1, 0.15) is 52.9 Å². The van der Waals surface area contributed by atoms with Gasteiger partial charge in [0.2, 0.25) is 5.91 Å². The minimum atomic E-state index is 0.0703. The van der Waals surface area contributed by atoms with Gasteiger partial charge in [-0.1, -0.05) is 35.5 Å². The Morgan fingerprint density at radius 2 is 2.11 bits per heavy atom. The Morgan fingerprint density at radius 3 is 2.85 bits per heavy atom. The van der Waals surface area contributed by atoms with Gasteiger partial charge in [-0.05, 0) is 39.5 Å². The molecule has 1 N–H and O–H groups in total. The van der Waals surface area contributed by atoms with E-state index in [1.165, 1.54) is 4.88 Å². The Morgan fingerprint density at radius 1 is 1.30 bits per heavy atom. The Labute approximate surface area is 162 Å². The number of benzene rings is 1. The molecule has 0 aliphatic heterocycles. The van der Waals surface area contributed by atoms with Crippen molar-refractivity contribution in [3.05, 3.63) is 57.9 Å². The van der Waals surface area contributed by atoms with Crippen molar-refractivity contribution in [2.24, 2.45) is 0 Å². The van der Waals surface area contributed by atoms with Gasteiger partial charge < -0.3 is 9.84 Å². The molecule has 2 heterocycles. The molecule has 27 heavy (non-hydrogen) atoms. The molecule has 0 spiro atoms. The molecule has 0 fully saturated rings. The number of hydrogen-bond acceptors (Lipinski definition) is 5. The number of carbonyl (C=O) groups is 1. The molecule has 2 aromatic heterocycles. The standard InChI is InChI=1S/C21H23N3O2S/c1-13-16(14(2)26-24-13)11-12-19(25)22-17-9-6-10-18-20(17)27-21(23-18)15-7-4-3-5-8-15/h3-5,7-8,17H,6,9-12H2,1-2H3,(H,22,25)/t17-/m0/s1. The summed E-state index contributed by atoms with van der Waals surface area (Å²) in [5.41, 5.74) is 4.19. The van der Waals surface area contributed by atoms with Gasteiger partial charge in [-0.3, -0.25) is 4.79 Å². The number of carbonyl (C=O) groups excluding carboxylic acids is 1. The highest BCUT2D eigenvalue weighted by atomic mass is 32.1. The second-order valence-corrected chi connectivity index (χ2v) is 8.04. The molecule has 1 aliphatic rings. The zero-order valence-corrected chi connectivity index (χ0v) is 16.4. The molecule has 0 saturated heterocycles. The van der Waals surface area contributed by atoms with Crippen molar-refractivity contribution in [3.63, 3.8) is 0 Å². The average molecular weight is 382 g/mol. The van der Waals surface area contributed by atoms with Gasteiger partial charge in [0.15, 0.2) is 0 Å². The van der Waals surface area contributed by atoms with Crippen molar-refractivity contribution in [2.45, 2.75) is 52.0 Å². The Hall–Kier alpha value is -2.47. The van der Waals surface area contributed by atoms with Crippen LogP contribution >= 0.6 is 11.3 Å². The second kappa shape index (κ2) is 7.64. The van der Waals surface area contributed by atoms with E-state index < -0.39 is 0 Å². The van der Waals surface area contributed by atoms with E-state index >= 15 is 0 Å². The lowest BCUT2D eigenvalue weighted by Gasteiger charge is -2.22. The zero-order chi connectivity index (χ0) is 18.8. The fourth-order valence-corrected chi connectivity index (χ4v) is 4.83. The lowest BCUT2D eigenvalue weighted by molar-refractivity contribution is -0.121. The maximum absolute atomic E-state index is 12.5. The van der Waals surface area contributed by atoms with E-state index in [4.69, 9.17) is 9.51 Å². The molecule has 1 atom stereocenters. The molecular formula is C21H23N3O2S. The Kier molecular flexibility index (Phi) is 5.07. The van der Waals surface area contributed by atoms with E-state index in [0.717, 1.165) is 52.5 Å². The van der Waals surface area contributed by atoms with Crippen molar-refractivity contribution in [1.29, 1.82) is 0 Å². The minimum Gasteiger partial charge on any atom is -0.361 e. The molecule has 0 bridgehead atoms. The molecule has 3 aromatic rings. The van der Waals surface area contributed by atoms with Gasteiger partial charge in [0.1, 0.15) is 10.8 Å². The predicted molar refractivity (Wildman–Crippen MR) is 106 cm³/mol. The molecule has 4 rings (SSSR count). The smallest absolute Gasteiger partial charge is 0.220 e. The third kappa shape index (κ3) is 3.81. The summed E-state index contributed by atoms with van der Waals surface area (Å²) >= 11 is 1.71. The van der Waals surface area contributed by atoms with Crippen LogP contribution in [0.5, 0.6) is 0 Å². The Balaban J connectivity index is 1.45. The SMILES string of the molecule is Cc1noc(C)c1CCC(=O)N[C@H]1CCCc2nc(-c3ccccc3)sc21. The largest absolute Gasteiger partial charge is 0.361 e. The van der Waals surface area contributed by atoms with Gasteiger partial charge in [0.25, 0.3) is 0 Å². The number of rotatable bonds is 5. The first-order valence-electron chi connectivity index (χ1n) is 9.38. The monoisotopic (exact) mass is 381 g/mol. The number of hydrogen-bond donors (Lipinski definition) is 1. The first kappa shape index (κ1) is 17.9. The van der Waals surface area contributed by atoms with Crippen molar-refractivity contribution in [3.8, 4) is 10.6 Å². The summed E-state index contributed by atoms with van der Waals surface area (Å²) < 4.78 is 5.18. The van der Waals surface area contributed by atoms with E-state index in [1.807, 2.05) is 32.0 Å². The summed E-state index contributed by atoms with van der Waals surface area (Å²) in [6.45, 7) is 3.81. The summed E-state index contributed by atoms with van der Waals surface area (Å²) in [6.07, 6.45) is 4.12. The number of thiazole rings is 1. The molecule has 0 unspecified atom stereocenters. The van der Waals surface area contributed by atoms with Gasteiger partial charge in [0.05, 0.1) is 22.3 Å². The summed E-state index contributed by atoms with van der Waals surface area (Å²) in [5, 5.41) is 8.22. The van der Waals surface area contributed by atoms with Crippen LogP contribution in [0.3, 0.4) is 0 Å². The molecule has 0 saturated carbocycles. The molecule has 0 radical (unpaired) electrons. The van der Waals surface area contributed by atoms with Crippen molar-refractivity contribution in [2.75, 3.05) is 0 Å². The van der Waals surface area contributed by atoms with Gasteiger partial charge >= 0.3 is 0 Å². The fraction of sp³-hybridized carbons (Fsp3) is 0.381. The number of aryl methyl sites for hydroxylation is 3. The van der Waals surface area contributed by atoms with Crippen LogP contribution in [0.4, 0.5) is 0 Å². The van der Waals surface area contributed by atoms with Gasteiger partial charge in [-0.15, -0.1) is 11.3 Å². The third-order valence-electron chi connectivity index (χ3n) is 5.09. The van der Waals surface area contributed by atoms with Crippen LogP contribution < -0.4 is 5.32 Å². The minimum absolute atomic E-state index is 0.0703. The van der Waals surface area contributed by atoms with Crippen LogP contribution in [-0.4, -0.2) is 16.0 Å². The van der Waals surface area contributed by atoms with Crippen molar-refractivity contribution < 1.29 is 9.32 Å². The maximum atomic E-state index is 12.5. The summed E-state index contributed by atoms with van der Waals surface area (Å²) in [5.74, 6) is 0.873. The van der Waals surface area contributed by atoms with Gasteiger partial charge in [-0.2, -0.15) is 0 Å². The van der Waals surface area contributed by atoms with Crippen LogP contribution in [0.25, 0.3) is 10.6 Å². The van der Waals surface area contributed by atoms with Gasteiger partial charge in [0, 0.05) is 17.5 Å². The third-order valence-corrected chi connectivity index (χ3v) is 6.35. The highest BCUT2D eigenvalue weighted by molar-refractivity contribution is 7.15. The van der Waals surface area contributed by atoms with Gasteiger partial charge in [-0.25, -0.2) is 4.98 Å². The van der Waals surface area contributed by atoms with Crippen LogP contribution in [-0.2, 0) is 17.6 Å².